The van der Waals surface area contributed by atoms with E-state index >= 15 is 0 Å². The van der Waals surface area contributed by atoms with Crippen LogP contribution in [0.2, 0.25) is 0 Å². The SMILES string of the molecule is CCc1ncnc(N2CCC(OCC(C)C)C2)c1F. The summed E-state index contributed by atoms with van der Waals surface area (Å²) in [6.07, 6.45) is 3.14. The number of aromatic nitrogens is 2. The molecule has 1 aromatic heterocycles. The Hall–Kier alpha value is -1.23. The van der Waals surface area contributed by atoms with E-state index < -0.39 is 0 Å². The van der Waals surface area contributed by atoms with Crippen molar-refractivity contribution in [3.8, 4) is 0 Å². The van der Waals surface area contributed by atoms with E-state index in [1.54, 1.807) is 0 Å². The number of hydrogen-bond donors (Lipinski definition) is 0. The minimum absolute atomic E-state index is 0.182. The predicted octanol–water partition coefficient (Wildman–Crippen LogP) is 2.43. The molecule has 2 rings (SSSR count). The molecule has 0 amide bonds. The normalized spacial score (nSPS) is 19.4. The van der Waals surface area contributed by atoms with E-state index in [0.29, 0.717) is 30.4 Å². The third kappa shape index (κ3) is 3.41. The van der Waals surface area contributed by atoms with Crippen LogP contribution in [0.15, 0.2) is 6.33 Å². The molecular formula is C14H22FN3O. The standard InChI is InChI=1S/C14H22FN3O/c1-4-12-13(15)14(17-9-16-12)18-6-5-11(7-18)19-8-10(2)3/h9-11H,4-8H2,1-3H3. The third-order valence-corrected chi connectivity index (χ3v) is 3.29. The Labute approximate surface area is 114 Å². The Bertz CT molecular complexity index is 425. The molecule has 0 aliphatic carbocycles. The number of rotatable bonds is 5. The molecule has 0 saturated carbocycles. The van der Waals surface area contributed by atoms with Gasteiger partial charge in [0.05, 0.1) is 11.8 Å². The fraction of sp³-hybridized carbons (Fsp3) is 0.714. The van der Waals surface area contributed by atoms with Crippen LogP contribution in [0.25, 0.3) is 0 Å². The van der Waals surface area contributed by atoms with Gasteiger partial charge in [0, 0.05) is 19.7 Å². The first-order valence-corrected chi connectivity index (χ1v) is 6.97. The summed E-state index contributed by atoms with van der Waals surface area (Å²) in [5.41, 5.74) is 0.483. The van der Waals surface area contributed by atoms with Gasteiger partial charge in [0.15, 0.2) is 11.6 Å². The van der Waals surface area contributed by atoms with Crippen molar-refractivity contribution in [2.24, 2.45) is 5.92 Å². The zero-order valence-electron chi connectivity index (χ0n) is 11.9. The molecule has 106 valence electrons. The maximum Gasteiger partial charge on any atom is 0.187 e. The smallest absolute Gasteiger partial charge is 0.187 e. The second-order valence-electron chi connectivity index (χ2n) is 5.40. The van der Waals surface area contributed by atoms with E-state index in [2.05, 4.69) is 23.8 Å². The lowest BCUT2D eigenvalue weighted by Gasteiger charge is -2.19. The van der Waals surface area contributed by atoms with E-state index in [1.165, 1.54) is 6.33 Å². The fourth-order valence-electron chi connectivity index (χ4n) is 2.25. The highest BCUT2D eigenvalue weighted by molar-refractivity contribution is 5.42. The molecule has 19 heavy (non-hydrogen) atoms. The Morgan fingerprint density at radius 3 is 2.95 bits per heavy atom. The minimum Gasteiger partial charge on any atom is -0.376 e. The summed E-state index contributed by atoms with van der Waals surface area (Å²) in [5, 5.41) is 0. The van der Waals surface area contributed by atoms with Gasteiger partial charge in [0.25, 0.3) is 0 Å². The van der Waals surface area contributed by atoms with Crippen LogP contribution in [-0.4, -0.2) is 35.8 Å². The van der Waals surface area contributed by atoms with Gasteiger partial charge >= 0.3 is 0 Å². The van der Waals surface area contributed by atoms with Crippen molar-refractivity contribution in [1.82, 2.24) is 9.97 Å². The van der Waals surface area contributed by atoms with Crippen molar-refractivity contribution in [3.05, 3.63) is 17.8 Å². The Kier molecular flexibility index (Phi) is 4.69. The molecule has 1 unspecified atom stereocenters. The summed E-state index contributed by atoms with van der Waals surface area (Å²) in [6.45, 7) is 8.41. The van der Waals surface area contributed by atoms with Crippen LogP contribution in [0, 0.1) is 11.7 Å². The first-order chi connectivity index (χ1) is 9.11. The summed E-state index contributed by atoms with van der Waals surface area (Å²) in [6, 6.07) is 0. The van der Waals surface area contributed by atoms with Crippen LogP contribution >= 0.6 is 0 Å². The Morgan fingerprint density at radius 1 is 1.47 bits per heavy atom. The summed E-state index contributed by atoms with van der Waals surface area (Å²) in [7, 11) is 0. The molecule has 5 heteroatoms. The van der Waals surface area contributed by atoms with Gasteiger partial charge in [0.2, 0.25) is 0 Å². The number of halogens is 1. The van der Waals surface area contributed by atoms with Crippen LogP contribution < -0.4 is 4.90 Å². The van der Waals surface area contributed by atoms with Crippen LogP contribution in [0.1, 0.15) is 32.9 Å². The average molecular weight is 267 g/mol. The van der Waals surface area contributed by atoms with Crippen molar-refractivity contribution >= 4 is 5.82 Å². The molecule has 4 nitrogen and oxygen atoms in total. The maximum absolute atomic E-state index is 14.2. The Balaban J connectivity index is 2.01. The first-order valence-electron chi connectivity index (χ1n) is 6.97. The minimum atomic E-state index is -0.283. The van der Waals surface area contributed by atoms with Crippen molar-refractivity contribution in [2.75, 3.05) is 24.6 Å². The summed E-state index contributed by atoms with van der Waals surface area (Å²) in [4.78, 5) is 10.0. The monoisotopic (exact) mass is 267 g/mol. The van der Waals surface area contributed by atoms with Gasteiger partial charge in [-0.3, -0.25) is 0 Å². The average Bonchev–Trinajstić information content (AvgIpc) is 2.85. The molecule has 0 spiro atoms. The lowest BCUT2D eigenvalue weighted by Crippen LogP contribution is -2.26. The van der Waals surface area contributed by atoms with Crippen LogP contribution in [0.4, 0.5) is 10.2 Å². The van der Waals surface area contributed by atoms with Crippen molar-refractivity contribution in [3.63, 3.8) is 0 Å². The van der Waals surface area contributed by atoms with Crippen molar-refractivity contribution < 1.29 is 9.13 Å². The molecule has 0 radical (unpaired) electrons. The van der Waals surface area contributed by atoms with Crippen molar-refractivity contribution in [1.29, 1.82) is 0 Å². The van der Waals surface area contributed by atoms with Gasteiger partial charge in [-0.2, -0.15) is 0 Å². The zero-order valence-corrected chi connectivity index (χ0v) is 11.9. The number of aryl methyl sites for hydroxylation is 1. The van der Waals surface area contributed by atoms with E-state index in [9.17, 15) is 4.39 Å². The molecule has 1 aromatic rings. The third-order valence-electron chi connectivity index (χ3n) is 3.29. The molecule has 1 aliphatic rings. The van der Waals surface area contributed by atoms with Crippen LogP contribution in [0.5, 0.6) is 0 Å². The van der Waals surface area contributed by atoms with Gasteiger partial charge in [-0.1, -0.05) is 20.8 Å². The highest BCUT2D eigenvalue weighted by Crippen LogP contribution is 2.24. The van der Waals surface area contributed by atoms with Gasteiger partial charge in [-0.15, -0.1) is 0 Å². The molecule has 0 bridgehead atoms. The lowest BCUT2D eigenvalue weighted by molar-refractivity contribution is 0.0496. The van der Waals surface area contributed by atoms with Gasteiger partial charge in [-0.25, -0.2) is 14.4 Å². The van der Waals surface area contributed by atoms with Crippen molar-refractivity contribution in [2.45, 2.75) is 39.7 Å². The number of hydrogen-bond acceptors (Lipinski definition) is 4. The maximum atomic E-state index is 14.2. The van der Waals surface area contributed by atoms with Gasteiger partial charge in [-0.05, 0) is 18.8 Å². The van der Waals surface area contributed by atoms with E-state index in [1.807, 2.05) is 11.8 Å². The lowest BCUT2D eigenvalue weighted by atomic mass is 10.2. The largest absolute Gasteiger partial charge is 0.376 e. The van der Waals surface area contributed by atoms with E-state index in [0.717, 1.165) is 19.6 Å². The second kappa shape index (κ2) is 6.28. The summed E-state index contributed by atoms with van der Waals surface area (Å²) in [5.74, 6) is 0.661. The second-order valence-corrected chi connectivity index (χ2v) is 5.40. The molecule has 0 aromatic carbocycles. The molecule has 1 atom stereocenters. The molecular weight excluding hydrogens is 245 g/mol. The van der Waals surface area contributed by atoms with E-state index in [-0.39, 0.29) is 11.9 Å². The number of nitrogens with zero attached hydrogens (tertiary/aromatic N) is 3. The number of ether oxygens (including phenoxy) is 1. The topological polar surface area (TPSA) is 38.2 Å². The molecule has 1 fully saturated rings. The molecule has 2 heterocycles. The summed E-state index contributed by atoms with van der Waals surface area (Å²) < 4.78 is 20.0. The van der Waals surface area contributed by atoms with Crippen LogP contribution in [0.3, 0.4) is 0 Å². The molecule has 0 N–H and O–H groups in total. The Morgan fingerprint density at radius 2 is 2.26 bits per heavy atom. The van der Waals surface area contributed by atoms with E-state index in [4.69, 9.17) is 4.74 Å². The highest BCUT2D eigenvalue weighted by Gasteiger charge is 2.27. The van der Waals surface area contributed by atoms with Crippen LogP contribution in [-0.2, 0) is 11.2 Å². The fourth-order valence-corrected chi connectivity index (χ4v) is 2.25. The van der Waals surface area contributed by atoms with Gasteiger partial charge < -0.3 is 9.64 Å². The first kappa shape index (κ1) is 14.2. The predicted molar refractivity (Wildman–Crippen MR) is 72.8 cm³/mol. The zero-order chi connectivity index (χ0) is 13.8. The molecule has 1 saturated heterocycles. The quantitative estimate of drug-likeness (QED) is 0.821. The number of anilines is 1. The molecule has 1 aliphatic heterocycles. The van der Waals surface area contributed by atoms with Gasteiger partial charge in [0.1, 0.15) is 6.33 Å². The summed E-state index contributed by atoms with van der Waals surface area (Å²) >= 11 is 0. The highest BCUT2D eigenvalue weighted by atomic mass is 19.1.